The summed E-state index contributed by atoms with van der Waals surface area (Å²) in [6.07, 6.45) is 3.40. The van der Waals surface area contributed by atoms with Crippen LogP contribution in [0.5, 0.6) is 0 Å². The van der Waals surface area contributed by atoms with Crippen molar-refractivity contribution in [1.82, 2.24) is 19.0 Å². The molecule has 0 amide bonds. The molecule has 8 nitrogen and oxygen atoms in total. The largest absolute Gasteiger partial charge is 0.481 e. The highest BCUT2D eigenvalue weighted by molar-refractivity contribution is 7.87. The zero-order valence-corrected chi connectivity index (χ0v) is 10.8. The number of H-pyrrole nitrogens is 1. The van der Waals surface area contributed by atoms with Crippen LogP contribution >= 0.6 is 0 Å². The van der Waals surface area contributed by atoms with Crippen LogP contribution in [0.2, 0.25) is 0 Å². The van der Waals surface area contributed by atoms with Gasteiger partial charge in [0.2, 0.25) is 0 Å². The third-order valence-electron chi connectivity index (χ3n) is 2.28. The SMILES string of the molecule is CN(CCC(=O)O)S(=O)(=O)NCCc1cnc[nH]1. The zero-order chi connectivity index (χ0) is 13.6. The number of imidazole rings is 1. The van der Waals surface area contributed by atoms with Crippen molar-refractivity contribution < 1.29 is 18.3 Å². The molecular weight excluding hydrogens is 260 g/mol. The van der Waals surface area contributed by atoms with Gasteiger partial charge in [0, 0.05) is 38.4 Å². The Bertz CT molecular complexity index is 471. The summed E-state index contributed by atoms with van der Waals surface area (Å²) in [6.45, 7) is 0.163. The second-order valence-corrected chi connectivity index (χ2v) is 5.55. The van der Waals surface area contributed by atoms with Gasteiger partial charge in [-0.15, -0.1) is 0 Å². The Morgan fingerprint density at radius 2 is 2.33 bits per heavy atom. The predicted octanol–water partition coefficient (Wildman–Crippen LogP) is -0.807. The Balaban J connectivity index is 2.36. The summed E-state index contributed by atoms with van der Waals surface area (Å²) in [6, 6.07) is 0. The van der Waals surface area contributed by atoms with E-state index in [-0.39, 0.29) is 19.5 Å². The maximum atomic E-state index is 11.7. The molecule has 0 aromatic carbocycles. The smallest absolute Gasteiger partial charge is 0.304 e. The quantitative estimate of drug-likeness (QED) is 0.574. The fourth-order valence-electron chi connectivity index (χ4n) is 1.22. The van der Waals surface area contributed by atoms with Crippen LogP contribution in [-0.2, 0) is 21.4 Å². The van der Waals surface area contributed by atoms with E-state index < -0.39 is 16.2 Å². The summed E-state index contributed by atoms with van der Waals surface area (Å²) < 4.78 is 26.7. The molecule has 0 fully saturated rings. The second-order valence-electron chi connectivity index (χ2n) is 3.69. The first-order valence-corrected chi connectivity index (χ1v) is 6.76. The highest BCUT2D eigenvalue weighted by Gasteiger charge is 2.17. The molecule has 1 heterocycles. The van der Waals surface area contributed by atoms with Gasteiger partial charge < -0.3 is 10.1 Å². The van der Waals surface area contributed by atoms with Gasteiger partial charge in [0.05, 0.1) is 12.7 Å². The molecule has 0 saturated carbocycles. The molecule has 0 aliphatic heterocycles. The molecule has 1 aromatic rings. The van der Waals surface area contributed by atoms with Gasteiger partial charge in [-0.2, -0.15) is 12.7 Å². The first-order valence-electron chi connectivity index (χ1n) is 5.32. The normalized spacial score (nSPS) is 11.9. The molecule has 0 unspecified atom stereocenters. The number of aromatic amines is 1. The molecule has 0 atom stereocenters. The van der Waals surface area contributed by atoms with Crippen LogP contribution in [-0.4, -0.2) is 53.9 Å². The summed E-state index contributed by atoms with van der Waals surface area (Å²) in [4.78, 5) is 17.0. The third-order valence-corrected chi connectivity index (χ3v) is 3.86. The van der Waals surface area contributed by atoms with Crippen LogP contribution in [0.25, 0.3) is 0 Å². The monoisotopic (exact) mass is 276 g/mol. The maximum Gasteiger partial charge on any atom is 0.304 e. The Morgan fingerprint density at radius 1 is 1.61 bits per heavy atom. The van der Waals surface area contributed by atoms with Crippen molar-refractivity contribution >= 4 is 16.2 Å². The van der Waals surface area contributed by atoms with E-state index in [4.69, 9.17) is 5.11 Å². The molecule has 0 aliphatic rings. The van der Waals surface area contributed by atoms with Gasteiger partial charge in [-0.05, 0) is 0 Å². The summed E-state index contributed by atoms with van der Waals surface area (Å²) in [5, 5.41) is 8.48. The van der Waals surface area contributed by atoms with E-state index in [0.717, 1.165) is 10.00 Å². The molecule has 0 radical (unpaired) electrons. The van der Waals surface area contributed by atoms with Crippen LogP contribution in [0.4, 0.5) is 0 Å². The third kappa shape index (κ3) is 4.82. The average Bonchev–Trinajstić information content (AvgIpc) is 2.78. The van der Waals surface area contributed by atoms with Gasteiger partial charge in [-0.1, -0.05) is 0 Å². The number of carboxylic acids is 1. The number of carboxylic acid groups (broad SMARTS) is 1. The second kappa shape index (κ2) is 6.47. The van der Waals surface area contributed by atoms with Gasteiger partial charge in [-0.25, -0.2) is 9.71 Å². The molecule has 0 bridgehead atoms. The first-order chi connectivity index (χ1) is 8.42. The van der Waals surface area contributed by atoms with Crippen molar-refractivity contribution in [3.63, 3.8) is 0 Å². The summed E-state index contributed by atoms with van der Waals surface area (Å²) in [5.74, 6) is -1.03. The molecule has 18 heavy (non-hydrogen) atoms. The fourth-order valence-corrected chi connectivity index (χ4v) is 2.13. The number of carbonyl (C=O) groups is 1. The minimum atomic E-state index is -3.62. The number of aromatic nitrogens is 2. The predicted molar refractivity (Wildman–Crippen MR) is 64.1 cm³/mol. The van der Waals surface area contributed by atoms with E-state index in [1.165, 1.54) is 13.4 Å². The van der Waals surface area contributed by atoms with Gasteiger partial charge in [0.1, 0.15) is 0 Å². The lowest BCUT2D eigenvalue weighted by atomic mass is 10.3. The highest BCUT2D eigenvalue weighted by atomic mass is 32.2. The molecular formula is C9H16N4O4S. The number of aliphatic carboxylic acids is 1. The van der Waals surface area contributed by atoms with Gasteiger partial charge >= 0.3 is 5.97 Å². The standard InChI is InChI=1S/C9H16N4O4S/c1-13(5-3-9(14)15)18(16,17)12-4-2-8-6-10-7-11-8/h6-7,12H,2-5H2,1H3,(H,10,11)(H,14,15). The Hall–Kier alpha value is -1.45. The van der Waals surface area contributed by atoms with Crippen LogP contribution in [0.3, 0.4) is 0 Å². The summed E-state index contributed by atoms with van der Waals surface area (Å²) >= 11 is 0. The number of hydrogen-bond acceptors (Lipinski definition) is 4. The van der Waals surface area contributed by atoms with Gasteiger partial charge in [-0.3, -0.25) is 4.79 Å². The molecule has 3 N–H and O–H groups in total. The zero-order valence-electron chi connectivity index (χ0n) is 9.96. The molecule has 9 heteroatoms. The van der Waals surface area contributed by atoms with Crippen molar-refractivity contribution in [2.24, 2.45) is 0 Å². The van der Waals surface area contributed by atoms with Crippen LogP contribution in [0, 0.1) is 0 Å². The minimum Gasteiger partial charge on any atom is -0.481 e. The van der Waals surface area contributed by atoms with Crippen LogP contribution in [0.1, 0.15) is 12.1 Å². The molecule has 1 rings (SSSR count). The summed E-state index contributed by atoms with van der Waals surface area (Å²) in [7, 11) is -2.29. The van der Waals surface area contributed by atoms with Gasteiger partial charge in [0.15, 0.2) is 0 Å². The number of nitrogens with one attached hydrogen (secondary N) is 2. The lowest BCUT2D eigenvalue weighted by Gasteiger charge is -2.16. The van der Waals surface area contributed by atoms with Crippen molar-refractivity contribution in [2.45, 2.75) is 12.8 Å². The minimum absolute atomic E-state index is 0.0608. The molecule has 0 saturated heterocycles. The van der Waals surface area contributed by atoms with Crippen LogP contribution in [0.15, 0.2) is 12.5 Å². The lowest BCUT2D eigenvalue weighted by molar-refractivity contribution is -0.137. The molecule has 102 valence electrons. The first kappa shape index (κ1) is 14.6. The van der Waals surface area contributed by atoms with Crippen LogP contribution < -0.4 is 4.72 Å². The van der Waals surface area contributed by atoms with Crippen molar-refractivity contribution in [3.05, 3.63) is 18.2 Å². The summed E-state index contributed by atoms with van der Waals surface area (Å²) in [5.41, 5.74) is 0.825. The molecule has 0 spiro atoms. The Labute approximate surface area is 105 Å². The van der Waals surface area contributed by atoms with Gasteiger partial charge in [0.25, 0.3) is 10.2 Å². The van der Waals surface area contributed by atoms with E-state index in [1.807, 2.05) is 0 Å². The Morgan fingerprint density at radius 3 is 2.89 bits per heavy atom. The Kier molecular flexibility index (Phi) is 5.25. The van der Waals surface area contributed by atoms with E-state index in [9.17, 15) is 13.2 Å². The van der Waals surface area contributed by atoms with E-state index in [1.54, 1.807) is 6.20 Å². The number of rotatable bonds is 8. The van der Waals surface area contributed by atoms with E-state index in [0.29, 0.717) is 6.42 Å². The molecule has 1 aromatic heterocycles. The maximum absolute atomic E-state index is 11.7. The lowest BCUT2D eigenvalue weighted by Crippen LogP contribution is -2.40. The molecule has 0 aliphatic carbocycles. The number of nitrogens with zero attached hydrogens (tertiary/aromatic N) is 2. The fraction of sp³-hybridized carbons (Fsp3) is 0.556. The topological polar surface area (TPSA) is 115 Å². The van der Waals surface area contributed by atoms with E-state index in [2.05, 4.69) is 14.7 Å². The van der Waals surface area contributed by atoms with Crippen molar-refractivity contribution in [2.75, 3.05) is 20.1 Å². The average molecular weight is 276 g/mol. The number of hydrogen-bond donors (Lipinski definition) is 3. The highest BCUT2D eigenvalue weighted by Crippen LogP contribution is 1.97. The van der Waals surface area contributed by atoms with Crippen molar-refractivity contribution in [1.29, 1.82) is 0 Å². The van der Waals surface area contributed by atoms with Crippen molar-refractivity contribution in [3.8, 4) is 0 Å². The van der Waals surface area contributed by atoms with E-state index >= 15 is 0 Å².